The van der Waals surface area contributed by atoms with Crippen LogP contribution in [0.4, 0.5) is 0 Å². The topological polar surface area (TPSA) is 0 Å². The van der Waals surface area contributed by atoms with E-state index in [9.17, 15) is 0 Å². The molecule has 3 unspecified atom stereocenters. The van der Waals surface area contributed by atoms with Crippen LogP contribution in [-0.2, 0) is 12.8 Å². The quantitative estimate of drug-likeness (QED) is 0.628. The van der Waals surface area contributed by atoms with Gasteiger partial charge in [-0.1, -0.05) is 55.5 Å². The molecular weight excluding hydrogens is 276 g/mol. The summed E-state index contributed by atoms with van der Waals surface area (Å²) in [6.07, 6.45) is 9.43. The molecule has 2 aliphatic rings. The van der Waals surface area contributed by atoms with Gasteiger partial charge in [0.25, 0.3) is 0 Å². The van der Waals surface area contributed by atoms with E-state index in [-0.39, 0.29) is 0 Å². The van der Waals surface area contributed by atoms with E-state index in [0.717, 1.165) is 17.8 Å². The highest BCUT2D eigenvalue weighted by atomic mass is 14.3. The first-order valence-corrected chi connectivity index (χ1v) is 9.48. The zero-order chi connectivity index (χ0) is 15.6. The summed E-state index contributed by atoms with van der Waals surface area (Å²) in [5.74, 6) is 2.34. The predicted molar refractivity (Wildman–Crippen MR) is 98.0 cm³/mol. The number of benzene rings is 2. The molecule has 4 rings (SSSR count). The Bertz CT molecular complexity index is 669. The Balaban J connectivity index is 1.55. The summed E-state index contributed by atoms with van der Waals surface area (Å²) in [6, 6.07) is 18.4. The highest BCUT2D eigenvalue weighted by Gasteiger charge is 2.28. The van der Waals surface area contributed by atoms with Gasteiger partial charge in [-0.25, -0.2) is 0 Å². The molecule has 0 saturated carbocycles. The summed E-state index contributed by atoms with van der Waals surface area (Å²) >= 11 is 0. The Morgan fingerprint density at radius 1 is 0.826 bits per heavy atom. The molecule has 0 fully saturated rings. The molecule has 3 atom stereocenters. The van der Waals surface area contributed by atoms with Crippen molar-refractivity contribution in [1.82, 2.24) is 0 Å². The molecule has 120 valence electrons. The minimum atomic E-state index is 0.772. The molecule has 0 bridgehead atoms. The average molecular weight is 304 g/mol. The monoisotopic (exact) mass is 304 g/mol. The summed E-state index contributed by atoms with van der Waals surface area (Å²) in [7, 11) is 0. The first-order chi connectivity index (χ1) is 11.3. The normalized spacial score (nSPS) is 24.6. The van der Waals surface area contributed by atoms with Crippen molar-refractivity contribution >= 4 is 0 Å². The highest BCUT2D eigenvalue weighted by Crippen LogP contribution is 2.43. The summed E-state index contributed by atoms with van der Waals surface area (Å²) in [6.45, 7) is 2.50. The number of hydrogen-bond acceptors (Lipinski definition) is 0. The molecule has 0 heterocycles. The minimum absolute atomic E-state index is 0.772. The largest absolute Gasteiger partial charge is 0.0620 e. The molecule has 0 aromatic heterocycles. The van der Waals surface area contributed by atoms with E-state index < -0.39 is 0 Å². The molecule has 0 radical (unpaired) electrons. The van der Waals surface area contributed by atoms with E-state index >= 15 is 0 Å². The van der Waals surface area contributed by atoms with Gasteiger partial charge in [0, 0.05) is 0 Å². The zero-order valence-electron chi connectivity index (χ0n) is 14.3. The van der Waals surface area contributed by atoms with E-state index in [1.165, 1.54) is 44.9 Å². The van der Waals surface area contributed by atoms with Crippen LogP contribution in [-0.4, -0.2) is 0 Å². The van der Waals surface area contributed by atoms with Crippen LogP contribution < -0.4 is 0 Å². The zero-order valence-corrected chi connectivity index (χ0v) is 14.3. The smallest absolute Gasteiger partial charge is 0.0133 e. The summed E-state index contributed by atoms with van der Waals surface area (Å²) in [4.78, 5) is 0. The number of aryl methyl sites for hydroxylation is 2. The molecular formula is C23H28. The van der Waals surface area contributed by atoms with Crippen molar-refractivity contribution in [1.29, 1.82) is 0 Å². The Hall–Kier alpha value is -1.56. The second kappa shape index (κ2) is 6.51. The molecule has 0 heteroatoms. The van der Waals surface area contributed by atoms with Crippen LogP contribution in [0, 0.1) is 5.92 Å². The molecule has 2 aromatic carbocycles. The van der Waals surface area contributed by atoms with E-state index in [0.29, 0.717) is 0 Å². The van der Waals surface area contributed by atoms with E-state index in [4.69, 9.17) is 0 Å². The third-order valence-corrected chi connectivity index (χ3v) is 6.25. The fourth-order valence-corrected chi connectivity index (χ4v) is 5.09. The summed E-state index contributed by atoms with van der Waals surface area (Å²) in [5.41, 5.74) is 6.52. The number of hydrogen-bond donors (Lipinski definition) is 0. The molecule has 2 aliphatic carbocycles. The lowest BCUT2D eigenvalue weighted by Crippen LogP contribution is -2.20. The predicted octanol–water partition coefficient (Wildman–Crippen LogP) is 6.25. The molecule has 0 N–H and O–H groups in total. The summed E-state index contributed by atoms with van der Waals surface area (Å²) in [5, 5.41) is 0. The molecule has 0 spiro atoms. The van der Waals surface area contributed by atoms with Crippen LogP contribution in [0.25, 0.3) is 0 Å². The maximum Gasteiger partial charge on any atom is -0.0133 e. The molecule has 2 aromatic rings. The molecule has 0 saturated heterocycles. The van der Waals surface area contributed by atoms with Crippen molar-refractivity contribution in [2.75, 3.05) is 0 Å². The van der Waals surface area contributed by atoms with Gasteiger partial charge in [-0.15, -0.1) is 0 Å². The Morgan fingerprint density at radius 3 is 2.22 bits per heavy atom. The molecule has 0 aliphatic heterocycles. The van der Waals surface area contributed by atoms with Crippen LogP contribution in [0.15, 0.2) is 48.5 Å². The number of fused-ring (bicyclic) bond motifs is 2. The fraction of sp³-hybridized carbons (Fsp3) is 0.478. The van der Waals surface area contributed by atoms with Crippen molar-refractivity contribution in [3.05, 3.63) is 70.8 Å². The van der Waals surface area contributed by atoms with Crippen LogP contribution in [0.2, 0.25) is 0 Å². The molecule has 0 amide bonds. The van der Waals surface area contributed by atoms with Crippen LogP contribution in [0.5, 0.6) is 0 Å². The van der Waals surface area contributed by atoms with Gasteiger partial charge >= 0.3 is 0 Å². The Kier molecular flexibility index (Phi) is 4.25. The van der Waals surface area contributed by atoms with Gasteiger partial charge in [-0.3, -0.25) is 0 Å². The van der Waals surface area contributed by atoms with Crippen molar-refractivity contribution in [2.45, 2.75) is 63.7 Å². The van der Waals surface area contributed by atoms with Crippen LogP contribution in [0.1, 0.15) is 73.1 Å². The fourth-order valence-electron chi connectivity index (χ4n) is 5.09. The molecule has 23 heavy (non-hydrogen) atoms. The molecule has 0 nitrogen and oxygen atoms in total. The lowest BCUT2D eigenvalue weighted by atomic mass is 9.71. The lowest BCUT2D eigenvalue weighted by Gasteiger charge is -2.34. The van der Waals surface area contributed by atoms with E-state index in [2.05, 4.69) is 55.5 Å². The van der Waals surface area contributed by atoms with Gasteiger partial charge in [0.05, 0.1) is 0 Å². The van der Waals surface area contributed by atoms with Gasteiger partial charge in [0.15, 0.2) is 0 Å². The minimum Gasteiger partial charge on any atom is -0.0620 e. The SMILES string of the molecule is CC(CC1CCCc2ccccc21)C1CCCc2ccccc21. The van der Waals surface area contributed by atoms with Gasteiger partial charge in [0.1, 0.15) is 0 Å². The van der Waals surface area contributed by atoms with Crippen molar-refractivity contribution in [2.24, 2.45) is 5.92 Å². The van der Waals surface area contributed by atoms with E-state index in [1.54, 1.807) is 22.3 Å². The standard InChI is InChI=1S/C23H28/c1-17(21-15-7-11-19-9-3-5-14-23(19)21)16-20-12-6-10-18-8-2-4-13-22(18)20/h2-5,8-9,13-14,17,20-21H,6-7,10-12,15-16H2,1H3. The maximum atomic E-state index is 2.50. The Labute approximate surface area is 140 Å². The Morgan fingerprint density at radius 2 is 1.43 bits per heavy atom. The second-order valence-electron chi connectivity index (χ2n) is 7.70. The first-order valence-electron chi connectivity index (χ1n) is 9.48. The lowest BCUT2D eigenvalue weighted by molar-refractivity contribution is 0.343. The third kappa shape index (κ3) is 2.96. The highest BCUT2D eigenvalue weighted by molar-refractivity contribution is 5.35. The third-order valence-electron chi connectivity index (χ3n) is 6.25. The van der Waals surface area contributed by atoms with Gasteiger partial charge in [0.2, 0.25) is 0 Å². The summed E-state index contributed by atoms with van der Waals surface area (Å²) < 4.78 is 0. The van der Waals surface area contributed by atoms with Crippen LogP contribution >= 0.6 is 0 Å². The van der Waals surface area contributed by atoms with E-state index in [1.807, 2.05) is 0 Å². The average Bonchev–Trinajstić information content (AvgIpc) is 2.61. The van der Waals surface area contributed by atoms with Crippen LogP contribution in [0.3, 0.4) is 0 Å². The van der Waals surface area contributed by atoms with Crippen molar-refractivity contribution in [3.63, 3.8) is 0 Å². The van der Waals surface area contributed by atoms with Gasteiger partial charge < -0.3 is 0 Å². The van der Waals surface area contributed by atoms with Crippen molar-refractivity contribution in [3.8, 4) is 0 Å². The maximum absolute atomic E-state index is 2.50. The van der Waals surface area contributed by atoms with Gasteiger partial charge in [-0.2, -0.15) is 0 Å². The number of rotatable bonds is 3. The first kappa shape index (κ1) is 15.0. The van der Waals surface area contributed by atoms with Crippen molar-refractivity contribution < 1.29 is 0 Å². The van der Waals surface area contributed by atoms with Gasteiger partial charge in [-0.05, 0) is 85.0 Å². The second-order valence-corrected chi connectivity index (χ2v) is 7.70.